The van der Waals surface area contributed by atoms with Gasteiger partial charge in [-0.05, 0) is 18.1 Å². The minimum atomic E-state index is -0.323. The molecule has 2 N–H and O–H groups in total. The van der Waals surface area contributed by atoms with Crippen LogP contribution in [0.4, 0.5) is 0 Å². The third kappa shape index (κ3) is 5.68. The summed E-state index contributed by atoms with van der Waals surface area (Å²) in [7, 11) is 0. The molecule has 0 radical (unpaired) electrons. The largest absolute Gasteiger partial charge is 0.354 e. The molecule has 19 heavy (non-hydrogen) atoms. The zero-order valence-electron chi connectivity index (χ0n) is 10.9. The maximum absolute atomic E-state index is 11.7. The van der Waals surface area contributed by atoms with Crippen LogP contribution in [0.2, 0.25) is 0 Å². The molecule has 0 bridgehead atoms. The van der Waals surface area contributed by atoms with Gasteiger partial charge in [-0.3, -0.25) is 9.59 Å². The number of benzene rings is 1. The average molecular weight is 259 g/mol. The van der Waals surface area contributed by atoms with E-state index in [0.717, 1.165) is 11.1 Å². The van der Waals surface area contributed by atoms with Crippen LogP contribution in [0.1, 0.15) is 17.5 Å². The number of nitrogens with zero attached hydrogens (tertiary/aromatic N) is 1. The Morgan fingerprint density at radius 1 is 1.16 bits per heavy atom. The molecule has 1 aromatic carbocycles. The van der Waals surface area contributed by atoms with Crippen molar-refractivity contribution < 1.29 is 9.59 Å². The maximum Gasteiger partial charge on any atom is 0.234 e. The van der Waals surface area contributed by atoms with Gasteiger partial charge in [0.2, 0.25) is 11.8 Å². The van der Waals surface area contributed by atoms with E-state index in [-0.39, 0.29) is 18.2 Å². The molecular weight excluding hydrogens is 242 g/mol. The predicted molar refractivity (Wildman–Crippen MR) is 71.1 cm³/mol. The Morgan fingerprint density at radius 3 is 2.42 bits per heavy atom. The van der Waals surface area contributed by atoms with Crippen molar-refractivity contribution in [1.29, 1.82) is 5.26 Å². The van der Waals surface area contributed by atoms with Crippen molar-refractivity contribution >= 4 is 11.8 Å². The summed E-state index contributed by atoms with van der Waals surface area (Å²) in [5.41, 5.74) is 2.08. The summed E-state index contributed by atoms with van der Waals surface area (Å²) < 4.78 is 0. The fraction of sp³-hybridized carbons (Fsp3) is 0.357. The number of hydrogen-bond acceptors (Lipinski definition) is 3. The number of nitriles is 1. The van der Waals surface area contributed by atoms with E-state index in [9.17, 15) is 9.59 Å². The van der Waals surface area contributed by atoms with Crippen LogP contribution in [0, 0.1) is 18.3 Å². The summed E-state index contributed by atoms with van der Waals surface area (Å²) in [6.07, 6.45) is 0.177. The zero-order valence-corrected chi connectivity index (χ0v) is 10.9. The number of carbonyl (C=O) groups excluding carboxylic acids is 2. The van der Waals surface area contributed by atoms with Gasteiger partial charge >= 0.3 is 0 Å². The summed E-state index contributed by atoms with van der Waals surface area (Å²) in [6.45, 7) is 2.66. The fourth-order valence-electron chi connectivity index (χ4n) is 1.58. The molecule has 1 rings (SSSR count). The molecule has 100 valence electrons. The minimum Gasteiger partial charge on any atom is -0.354 e. The Bertz CT molecular complexity index is 492. The van der Waals surface area contributed by atoms with Crippen molar-refractivity contribution in [2.75, 3.05) is 13.1 Å². The second kappa shape index (κ2) is 7.88. The monoisotopic (exact) mass is 259 g/mol. The lowest BCUT2D eigenvalue weighted by atomic mass is 10.1. The topological polar surface area (TPSA) is 82.0 Å². The third-order valence-corrected chi connectivity index (χ3v) is 2.62. The van der Waals surface area contributed by atoms with Crippen LogP contribution < -0.4 is 10.6 Å². The van der Waals surface area contributed by atoms with Crippen LogP contribution in [0.15, 0.2) is 24.3 Å². The summed E-state index contributed by atoms with van der Waals surface area (Å²) in [6, 6.07) is 9.47. The van der Waals surface area contributed by atoms with E-state index in [1.165, 1.54) is 0 Å². The molecule has 0 heterocycles. The fourth-order valence-corrected chi connectivity index (χ4v) is 1.58. The molecule has 1 aromatic rings. The van der Waals surface area contributed by atoms with Gasteiger partial charge in [-0.2, -0.15) is 5.26 Å². The molecule has 0 atom stereocenters. The van der Waals surface area contributed by atoms with Gasteiger partial charge in [0.1, 0.15) is 6.42 Å². The van der Waals surface area contributed by atoms with Crippen molar-refractivity contribution in [3.63, 3.8) is 0 Å². The lowest BCUT2D eigenvalue weighted by Gasteiger charge is -2.07. The quantitative estimate of drug-likeness (QED) is 0.737. The highest BCUT2D eigenvalue weighted by molar-refractivity contribution is 5.79. The Morgan fingerprint density at radius 2 is 1.79 bits per heavy atom. The number of carbonyl (C=O) groups is 2. The van der Waals surface area contributed by atoms with Gasteiger partial charge in [-0.1, -0.05) is 24.3 Å². The van der Waals surface area contributed by atoms with E-state index in [0.29, 0.717) is 19.5 Å². The number of amides is 2. The SMILES string of the molecule is Cc1ccccc1CC(=O)NCCNC(=O)CC#N. The van der Waals surface area contributed by atoms with E-state index in [1.54, 1.807) is 6.07 Å². The van der Waals surface area contributed by atoms with Crippen molar-refractivity contribution in [2.24, 2.45) is 0 Å². The summed E-state index contributed by atoms with van der Waals surface area (Å²) in [4.78, 5) is 22.6. The van der Waals surface area contributed by atoms with Crippen LogP contribution in [-0.4, -0.2) is 24.9 Å². The standard InChI is InChI=1S/C14H17N3O2/c1-11-4-2-3-5-12(11)10-14(19)17-9-8-16-13(18)6-7-15/h2-5H,6,8-10H2,1H3,(H,16,18)(H,17,19). The van der Waals surface area contributed by atoms with Crippen molar-refractivity contribution in [3.05, 3.63) is 35.4 Å². The first-order valence-corrected chi connectivity index (χ1v) is 6.08. The normalized spacial score (nSPS) is 9.47. The van der Waals surface area contributed by atoms with Crippen molar-refractivity contribution in [3.8, 4) is 6.07 Å². The third-order valence-electron chi connectivity index (χ3n) is 2.62. The first-order chi connectivity index (χ1) is 9.13. The second-order valence-corrected chi connectivity index (χ2v) is 4.14. The lowest BCUT2D eigenvalue weighted by molar-refractivity contribution is -0.122. The maximum atomic E-state index is 11.7. The lowest BCUT2D eigenvalue weighted by Crippen LogP contribution is -2.35. The molecule has 0 saturated heterocycles. The Labute approximate surface area is 112 Å². The second-order valence-electron chi connectivity index (χ2n) is 4.14. The smallest absolute Gasteiger partial charge is 0.234 e. The van der Waals surface area contributed by atoms with Crippen LogP contribution in [0.3, 0.4) is 0 Å². The van der Waals surface area contributed by atoms with Gasteiger partial charge in [0.25, 0.3) is 0 Å². The van der Waals surface area contributed by atoms with E-state index in [2.05, 4.69) is 10.6 Å². The molecule has 5 heteroatoms. The molecule has 0 fully saturated rings. The summed E-state index contributed by atoms with van der Waals surface area (Å²) in [5, 5.41) is 13.5. The van der Waals surface area contributed by atoms with E-state index < -0.39 is 0 Å². The predicted octanol–water partition coefficient (Wildman–Crippen LogP) is 0.684. The highest BCUT2D eigenvalue weighted by Crippen LogP contribution is 2.07. The molecule has 0 aliphatic carbocycles. The summed E-state index contributed by atoms with van der Waals surface area (Å²) >= 11 is 0. The molecular formula is C14H17N3O2. The molecule has 0 unspecified atom stereocenters. The average Bonchev–Trinajstić information content (AvgIpc) is 2.38. The Hall–Kier alpha value is -2.35. The van der Waals surface area contributed by atoms with Crippen molar-refractivity contribution in [1.82, 2.24) is 10.6 Å². The Kier molecular flexibility index (Phi) is 6.10. The van der Waals surface area contributed by atoms with Gasteiger partial charge in [0, 0.05) is 13.1 Å². The molecule has 0 aliphatic rings. The molecule has 0 spiro atoms. The number of rotatable bonds is 6. The van der Waals surface area contributed by atoms with Crippen LogP contribution >= 0.6 is 0 Å². The number of aryl methyl sites for hydroxylation is 1. The van der Waals surface area contributed by atoms with Crippen LogP contribution in [0.5, 0.6) is 0 Å². The van der Waals surface area contributed by atoms with Gasteiger partial charge in [-0.15, -0.1) is 0 Å². The molecule has 0 saturated carbocycles. The van der Waals surface area contributed by atoms with Gasteiger partial charge in [-0.25, -0.2) is 0 Å². The highest BCUT2D eigenvalue weighted by atomic mass is 16.2. The number of nitrogens with one attached hydrogen (secondary N) is 2. The summed E-state index contributed by atoms with van der Waals surface area (Å²) in [5.74, 6) is -0.403. The highest BCUT2D eigenvalue weighted by Gasteiger charge is 2.05. The van der Waals surface area contributed by atoms with Gasteiger partial charge in [0.15, 0.2) is 0 Å². The van der Waals surface area contributed by atoms with E-state index in [1.807, 2.05) is 31.2 Å². The van der Waals surface area contributed by atoms with Gasteiger partial charge < -0.3 is 10.6 Å². The number of hydrogen-bond donors (Lipinski definition) is 2. The molecule has 0 aromatic heterocycles. The van der Waals surface area contributed by atoms with E-state index in [4.69, 9.17) is 5.26 Å². The van der Waals surface area contributed by atoms with Gasteiger partial charge in [0.05, 0.1) is 12.5 Å². The molecule has 5 nitrogen and oxygen atoms in total. The minimum absolute atomic E-state index is 0.0798. The first-order valence-electron chi connectivity index (χ1n) is 6.08. The molecule has 0 aliphatic heterocycles. The van der Waals surface area contributed by atoms with Crippen LogP contribution in [-0.2, 0) is 16.0 Å². The van der Waals surface area contributed by atoms with Crippen molar-refractivity contribution in [2.45, 2.75) is 19.8 Å². The van der Waals surface area contributed by atoms with E-state index >= 15 is 0 Å². The first kappa shape index (κ1) is 14.7. The Balaban J connectivity index is 2.24. The van der Waals surface area contributed by atoms with Crippen LogP contribution in [0.25, 0.3) is 0 Å². The zero-order chi connectivity index (χ0) is 14.1. The molecule has 2 amide bonds.